The summed E-state index contributed by atoms with van der Waals surface area (Å²) < 4.78 is 7.49. The minimum atomic E-state index is -0.162. The van der Waals surface area contributed by atoms with Crippen LogP contribution in [0.1, 0.15) is 16.7 Å². The zero-order valence-corrected chi connectivity index (χ0v) is 14.1. The second kappa shape index (κ2) is 6.05. The van der Waals surface area contributed by atoms with Crippen LogP contribution in [0.5, 0.6) is 5.75 Å². The first-order chi connectivity index (χ1) is 12.1. The number of amides is 1. The van der Waals surface area contributed by atoms with Crippen LogP contribution in [0.3, 0.4) is 0 Å². The summed E-state index contributed by atoms with van der Waals surface area (Å²) in [6, 6.07) is 9.76. The SMILES string of the molecule is Cc1ccnc(NC(=O)Cn2ncc3c2-c2cc(C)ccc2OC3)c1. The predicted molar refractivity (Wildman–Crippen MR) is 94.3 cm³/mol. The summed E-state index contributed by atoms with van der Waals surface area (Å²) in [5.41, 5.74) is 5.08. The number of benzene rings is 1. The molecular formula is C19H18N4O2. The second-order valence-electron chi connectivity index (χ2n) is 6.23. The highest BCUT2D eigenvalue weighted by Crippen LogP contribution is 2.37. The molecule has 3 heterocycles. The fourth-order valence-electron chi connectivity index (χ4n) is 2.99. The Kier molecular flexibility index (Phi) is 3.72. The number of rotatable bonds is 3. The zero-order valence-electron chi connectivity index (χ0n) is 14.1. The number of pyridine rings is 1. The fraction of sp³-hybridized carbons (Fsp3) is 0.211. The molecular weight excluding hydrogens is 316 g/mol. The van der Waals surface area contributed by atoms with Crippen LogP contribution >= 0.6 is 0 Å². The molecule has 1 aliphatic heterocycles. The van der Waals surface area contributed by atoms with E-state index in [1.807, 2.05) is 38.1 Å². The number of hydrogen-bond acceptors (Lipinski definition) is 4. The first-order valence-corrected chi connectivity index (χ1v) is 8.11. The number of nitrogens with one attached hydrogen (secondary N) is 1. The molecule has 25 heavy (non-hydrogen) atoms. The molecule has 1 aromatic carbocycles. The average molecular weight is 334 g/mol. The summed E-state index contributed by atoms with van der Waals surface area (Å²) in [4.78, 5) is 16.6. The Balaban J connectivity index is 1.61. The molecule has 6 nitrogen and oxygen atoms in total. The molecule has 0 saturated heterocycles. The van der Waals surface area contributed by atoms with Crippen molar-refractivity contribution in [3.8, 4) is 17.0 Å². The topological polar surface area (TPSA) is 69.0 Å². The first-order valence-electron chi connectivity index (χ1n) is 8.11. The average Bonchev–Trinajstić information content (AvgIpc) is 2.98. The minimum absolute atomic E-state index is 0.123. The van der Waals surface area contributed by atoms with E-state index in [1.165, 1.54) is 0 Å². The number of fused-ring (bicyclic) bond motifs is 3. The van der Waals surface area contributed by atoms with Crippen LogP contribution in [0, 0.1) is 13.8 Å². The van der Waals surface area contributed by atoms with Crippen molar-refractivity contribution in [3.63, 3.8) is 0 Å². The normalized spacial score (nSPS) is 12.1. The van der Waals surface area contributed by atoms with E-state index < -0.39 is 0 Å². The number of carbonyl (C=O) groups is 1. The lowest BCUT2D eigenvalue weighted by Gasteiger charge is -2.19. The van der Waals surface area contributed by atoms with E-state index >= 15 is 0 Å². The van der Waals surface area contributed by atoms with Crippen molar-refractivity contribution in [2.45, 2.75) is 27.0 Å². The Morgan fingerprint density at radius 3 is 2.92 bits per heavy atom. The summed E-state index contributed by atoms with van der Waals surface area (Å²) >= 11 is 0. The first kappa shape index (κ1) is 15.4. The third kappa shape index (κ3) is 2.98. The van der Waals surface area contributed by atoms with E-state index in [2.05, 4.69) is 21.5 Å². The molecule has 0 unspecified atom stereocenters. The van der Waals surface area contributed by atoms with Crippen molar-refractivity contribution in [2.75, 3.05) is 5.32 Å². The molecule has 4 rings (SSSR count). The van der Waals surface area contributed by atoms with Crippen LogP contribution in [-0.2, 0) is 17.9 Å². The van der Waals surface area contributed by atoms with Crippen molar-refractivity contribution < 1.29 is 9.53 Å². The molecule has 1 aliphatic rings. The van der Waals surface area contributed by atoms with Gasteiger partial charge in [-0.15, -0.1) is 0 Å². The lowest BCUT2D eigenvalue weighted by atomic mass is 10.0. The monoisotopic (exact) mass is 334 g/mol. The van der Waals surface area contributed by atoms with Gasteiger partial charge in [0.15, 0.2) is 0 Å². The van der Waals surface area contributed by atoms with Gasteiger partial charge in [-0.3, -0.25) is 9.48 Å². The van der Waals surface area contributed by atoms with Crippen molar-refractivity contribution in [1.29, 1.82) is 0 Å². The van der Waals surface area contributed by atoms with Gasteiger partial charge < -0.3 is 10.1 Å². The quantitative estimate of drug-likeness (QED) is 0.799. The number of aromatic nitrogens is 3. The van der Waals surface area contributed by atoms with E-state index in [-0.39, 0.29) is 12.5 Å². The summed E-state index contributed by atoms with van der Waals surface area (Å²) in [7, 11) is 0. The van der Waals surface area contributed by atoms with Gasteiger partial charge in [0.2, 0.25) is 5.91 Å². The van der Waals surface area contributed by atoms with Crippen molar-refractivity contribution >= 4 is 11.7 Å². The van der Waals surface area contributed by atoms with E-state index in [0.29, 0.717) is 12.4 Å². The standard InChI is InChI=1S/C19H18N4O2/c1-12-3-4-16-15(7-12)19-14(11-25-16)9-21-23(19)10-18(24)22-17-8-13(2)5-6-20-17/h3-9H,10-11H2,1-2H3,(H,20,22,24). The smallest absolute Gasteiger partial charge is 0.247 e. The highest BCUT2D eigenvalue weighted by molar-refractivity contribution is 5.90. The number of aryl methyl sites for hydroxylation is 2. The summed E-state index contributed by atoms with van der Waals surface area (Å²) in [6.45, 7) is 4.58. The van der Waals surface area contributed by atoms with E-state index in [1.54, 1.807) is 17.1 Å². The molecule has 1 N–H and O–H groups in total. The maximum Gasteiger partial charge on any atom is 0.247 e. The van der Waals surface area contributed by atoms with Crippen molar-refractivity contribution in [1.82, 2.24) is 14.8 Å². The third-order valence-corrected chi connectivity index (χ3v) is 4.16. The van der Waals surface area contributed by atoms with Crippen LogP contribution in [0.25, 0.3) is 11.3 Å². The Hall–Kier alpha value is -3.15. The number of ether oxygens (including phenoxy) is 1. The van der Waals surface area contributed by atoms with Gasteiger partial charge in [0, 0.05) is 17.3 Å². The molecule has 0 atom stereocenters. The van der Waals surface area contributed by atoms with Crippen LogP contribution in [0.2, 0.25) is 0 Å². The number of anilines is 1. The van der Waals surface area contributed by atoms with E-state index in [9.17, 15) is 4.79 Å². The van der Waals surface area contributed by atoms with Gasteiger partial charge in [0.1, 0.15) is 24.7 Å². The van der Waals surface area contributed by atoms with Crippen LogP contribution in [0.15, 0.2) is 42.7 Å². The maximum absolute atomic E-state index is 12.4. The van der Waals surface area contributed by atoms with Crippen molar-refractivity contribution in [2.24, 2.45) is 0 Å². The molecule has 6 heteroatoms. The molecule has 0 aliphatic carbocycles. The van der Waals surface area contributed by atoms with E-state index in [0.717, 1.165) is 33.7 Å². The van der Waals surface area contributed by atoms with Gasteiger partial charge in [0.05, 0.1) is 11.9 Å². The Morgan fingerprint density at radius 1 is 1.24 bits per heavy atom. The zero-order chi connectivity index (χ0) is 17.4. The van der Waals surface area contributed by atoms with Gasteiger partial charge in [-0.05, 0) is 43.7 Å². The largest absolute Gasteiger partial charge is 0.488 e. The third-order valence-electron chi connectivity index (χ3n) is 4.16. The number of carbonyl (C=O) groups excluding carboxylic acids is 1. The highest BCUT2D eigenvalue weighted by Gasteiger charge is 2.23. The molecule has 1 amide bonds. The molecule has 0 fully saturated rings. The molecule has 0 radical (unpaired) electrons. The number of hydrogen-bond donors (Lipinski definition) is 1. The van der Waals surface area contributed by atoms with Crippen molar-refractivity contribution in [3.05, 3.63) is 59.4 Å². The van der Waals surface area contributed by atoms with Crippen LogP contribution in [-0.4, -0.2) is 20.7 Å². The van der Waals surface area contributed by atoms with Crippen LogP contribution < -0.4 is 10.1 Å². The van der Waals surface area contributed by atoms with Gasteiger partial charge >= 0.3 is 0 Å². The second-order valence-corrected chi connectivity index (χ2v) is 6.23. The van der Waals surface area contributed by atoms with Gasteiger partial charge in [-0.2, -0.15) is 5.10 Å². The predicted octanol–water partition coefficient (Wildman–Crippen LogP) is 3.09. The molecule has 0 bridgehead atoms. The van der Waals surface area contributed by atoms with Gasteiger partial charge in [0.25, 0.3) is 0 Å². The molecule has 126 valence electrons. The molecule has 3 aromatic rings. The Morgan fingerprint density at radius 2 is 2.08 bits per heavy atom. The summed E-state index contributed by atoms with van der Waals surface area (Å²) in [5, 5.41) is 7.20. The Labute approximate surface area is 145 Å². The molecule has 0 spiro atoms. The summed E-state index contributed by atoms with van der Waals surface area (Å²) in [6.07, 6.45) is 3.44. The van der Waals surface area contributed by atoms with E-state index in [4.69, 9.17) is 4.74 Å². The highest BCUT2D eigenvalue weighted by atomic mass is 16.5. The lowest BCUT2D eigenvalue weighted by Crippen LogP contribution is -2.21. The fourth-order valence-corrected chi connectivity index (χ4v) is 2.99. The van der Waals surface area contributed by atoms with Gasteiger partial charge in [-0.25, -0.2) is 4.98 Å². The molecule has 0 saturated carbocycles. The summed E-state index contributed by atoms with van der Waals surface area (Å²) in [5.74, 6) is 1.20. The van der Waals surface area contributed by atoms with Gasteiger partial charge in [-0.1, -0.05) is 11.6 Å². The molecule has 2 aromatic heterocycles. The van der Waals surface area contributed by atoms with Crippen LogP contribution in [0.4, 0.5) is 5.82 Å². The Bertz CT molecular complexity index is 962. The minimum Gasteiger partial charge on any atom is -0.488 e. The number of nitrogens with zero attached hydrogens (tertiary/aromatic N) is 3. The lowest BCUT2D eigenvalue weighted by molar-refractivity contribution is -0.116. The maximum atomic E-state index is 12.4.